The van der Waals surface area contributed by atoms with Crippen LogP contribution in [0.1, 0.15) is 30.1 Å². The molecular formula is C15H15ClFNO. The molecule has 1 aliphatic carbocycles. The Balaban J connectivity index is 1.80. The van der Waals surface area contributed by atoms with Gasteiger partial charge >= 0.3 is 0 Å². The van der Waals surface area contributed by atoms with Gasteiger partial charge in [-0.1, -0.05) is 17.7 Å². The number of hydrogen-bond donors (Lipinski definition) is 1. The zero-order chi connectivity index (χ0) is 13.4. The molecule has 1 atom stereocenters. The SMILES string of the molecule is OC(c1ccn(Cc2c(F)cccc2Cl)c1)C1CC1. The Bertz CT molecular complexity index is 571. The highest BCUT2D eigenvalue weighted by molar-refractivity contribution is 6.31. The summed E-state index contributed by atoms with van der Waals surface area (Å²) in [7, 11) is 0. The molecule has 0 amide bonds. The van der Waals surface area contributed by atoms with Gasteiger partial charge in [-0.3, -0.25) is 0 Å². The van der Waals surface area contributed by atoms with E-state index in [-0.39, 0.29) is 5.82 Å². The molecule has 0 bridgehead atoms. The lowest BCUT2D eigenvalue weighted by Gasteiger charge is -2.08. The number of halogens is 2. The van der Waals surface area contributed by atoms with Crippen LogP contribution >= 0.6 is 11.6 Å². The number of nitrogens with zero attached hydrogens (tertiary/aromatic N) is 1. The fourth-order valence-corrected chi connectivity index (χ4v) is 2.51. The maximum absolute atomic E-state index is 13.7. The normalized spacial score (nSPS) is 16.6. The van der Waals surface area contributed by atoms with Gasteiger partial charge in [0, 0.05) is 23.0 Å². The van der Waals surface area contributed by atoms with Gasteiger partial charge in [-0.15, -0.1) is 0 Å². The van der Waals surface area contributed by atoms with Crippen molar-refractivity contribution in [1.29, 1.82) is 0 Å². The molecule has 19 heavy (non-hydrogen) atoms. The lowest BCUT2D eigenvalue weighted by molar-refractivity contribution is 0.154. The van der Waals surface area contributed by atoms with E-state index in [1.54, 1.807) is 12.1 Å². The average Bonchev–Trinajstić information content (AvgIpc) is 3.13. The molecule has 1 heterocycles. The summed E-state index contributed by atoms with van der Waals surface area (Å²) < 4.78 is 15.5. The molecule has 1 N–H and O–H groups in total. The summed E-state index contributed by atoms with van der Waals surface area (Å²) in [6, 6.07) is 6.57. The van der Waals surface area contributed by atoms with E-state index in [9.17, 15) is 9.50 Å². The lowest BCUT2D eigenvalue weighted by Crippen LogP contribution is -2.01. The number of aromatic nitrogens is 1. The average molecular weight is 280 g/mol. The highest BCUT2D eigenvalue weighted by Gasteiger charge is 2.31. The van der Waals surface area contributed by atoms with Crippen molar-refractivity contribution in [2.24, 2.45) is 5.92 Å². The van der Waals surface area contributed by atoms with E-state index in [0.717, 1.165) is 18.4 Å². The molecule has 0 saturated heterocycles. The van der Waals surface area contributed by atoms with Crippen LogP contribution in [0.5, 0.6) is 0 Å². The Hall–Kier alpha value is -1.32. The summed E-state index contributed by atoms with van der Waals surface area (Å²) in [5, 5.41) is 10.5. The molecule has 3 rings (SSSR count). The van der Waals surface area contributed by atoms with Crippen LogP contribution < -0.4 is 0 Å². The Labute approximate surface area is 116 Å². The van der Waals surface area contributed by atoms with E-state index in [1.807, 2.05) is 23.0 Å². The van der Waals surface area contributed by atoms with Gasteiger partial charge in [-0.25, -0.2) is 4.39 Å². The molecule has 2 nitrogen and oxygen atoms in total. The van der Waals surface area contributed by atoms with Crippen molar-refractivity contribution in [1.82, 2.24) is 4.57 Å². The molecule has 0 aliphatic heterocycles. The molecule has 0 spiro atoms. The van der Waals surface area contributed by atoms with E-state index in [2.05, 4.69) is 0 Å². The molecule has 4 heteroatoms. The molecule has 1 aromatic heterocycles. The predicted octanol–water partition coefficient (Wildman–Crippen LogP) is 3.77. The third-order valence-corrected chi connectivity index (χ3v) is 3.94. The van der Waals surface area contributed by atoms with E-state index >= 15 is 0 Å². The number of benzene rings is 1. The Morgan fingerprint density at radius 1 is 1.37 bits per heavy atom. The Morgan fingerprint density at radius 2 is 2.16 bits per heavy atom. The maximum Gasteiger partial charge on any atom is 0.129 e. The second kappa shape index (κ2) is 4.99. The first-order valence-corrected chi connectivity index (χ1v) is 6.79. The van der Waals surface area contributed by atoms with Gasteiger partial charge in [-0.05, 0) is 42.5 Å². The first-order chi connectivity index (χ1) is 9.15. The number of rotatable bonds is 4. The van der Waals surface area contributed by atoms with E-state index in [4.69, 9.17) is 11.6 Å². The summed E-state index contributed by atoms with van der Waals surface area (Å²) in [4.78, 5) is 0. The molecule has 1 fully saturated rings. The summed E-state index contributed by atoms with van der Waals surface area (Å²) in [5.41, 5.74) is 1.38. The van der Waals surface area contributed by atoms with Gasteiger partial charge in [0.2, 0.25) is 0 Å². The number of aliphatic hydroxyl groups is 1. The van der Waals surface area contributed by atoms with Crippen LogP contribution in [-0.2, 0) is 6.54 Å². The smallest absolute Gasteiger partial charge is 0.129 e. The summed E-state index contributed by atoms with van der Waals surface area (Å²) in [5.74, 6) is 0.0957. The first kappa shape index (κ1) is 12.7. The molecular weight excluding hydrogens is 265 g/mol. The molecule has 1 aliphatic rings. The van der Waals surface area contributed by atoms with Crippen LogP contribution in [0.2, 0.25) is 5.02 Å². The highest BCUT2D eigenvalue weighted by atomic mass is 35.5. The fraction of sp³-hybridized carbons (Fsp3) is 0.333. The number of aliphatic hydroxyl groups excluding tert-OH is 1. The minimum atomic E-state index is -0.391. The molecule has 1 aromatic carbocycles. The Morgan fingerprint density at radius 3 is 2.84 bits per heavy atom. The van der Waals surface area contributed by atoms with Crippen molar-refractivity contribution in [3.05, 3.63) is 58.6 Å². The minimum Gasteiger partial charge on any atom is -0.388 e. The predicted molar refractivity (Wildman–Crippen MR) is 72.6 cm³/mol. The van der Waals surface area contributed by atoms with Crippen LogP contribution in [0.25, 0.3) is 0 Å². The summed E-state index contributed by atoms with van der Waals surface area (Å²) >= 11 is 6.01. The van der Waals surface area contributed by atoms with Crippen LogP contribution in [0.3, 0.4) is 0 Å². The van der Waals surface area contributed by atoms with Gasteiger partial charge in [0.15, 0.2) is 0 Å². The van der Waals surface area contributed by atoms with Crippen LogP contribution in [0, 0.1) is 11.7 Å². The second-order valence-corrected chi connectivity index (χ2v) is 5.51. The molecule has 1 unspecified atom stereocenters. The highest BCUT2D eigenvalue weighted by Crippen LogP contribution is 2.40. The van der Waals surface area contributed by atoms with E-state index < -0.39 is 6.10 Å². The first-order valence-electron chi connectivity index (χ1n) is 6.42. The monoisotopic (exact) mass is 279 g/mol. The topological polar surface area (TPSA) is 25.2 Å². The fourth-order valence-electron chi connectivity index (χ4n) is 2.28. The largest absolute Gasteiger partial charge is 0.388 e. The number of hydrogen-bond acceptors (Lipinski definition) is 1. The van der Waals surface area contributed by atoms with Crippen molar-refractivity contribution in [3.63, 3.8) is 0 Å². The Kier molecular flexibility index (Phi) is 3.33. The third-order valence-electron chi connectivity index (χ3n) is 3.59. The summed E-state index contributed by atoms with van der Waals surface area (Å²) in [6.45, 7) is 0.378. The van der Waals surface area contributed by atoms with Crippen LogP contribution in [0.15, 0.2) is 36.7 Å². The quantitative estimate of drug-likeness (QED) is 0.905. The van der Waals surface area contributed by atoms with E-state index in [0.29, 0.717) is 23.0 Å². The minimum absolute atomic E-state index is 0.300. The maximum atomic E-state index is 13.7. The van der Waals surface area contributed by atoms with Crippen LogP contribution in [-0.4, -0.2) is 9.67 Å². The standard InChI is InChI=1S/C15H15ClFNO/c16-13-2-1-3-14(17)12(13)9-18-7-6-11(8-18)15(19)10-4-5-10/h1-3,6-8,10,15,19H,4-5,9H2. The lowest BCUT2D eigenvalue weighted by atomic mass is 10.1. The molecule has 100 valence electrons. The second-order valence-electron chi connectivity index (χ2n) is 5.10. The third kappa shape index (κ3) is 2.67. The molecule has 1 saturated carbocycles. The van der Waals surface area contributed by atoms with Gasteiger partial charge in [0.1, 0.15) is 5.82 Å². The zero-order valence-corrected chi connectivity index (χ0v) is 11.1. The van der Waals surface area contributed by atoms with Gasteiger partial charge in [-0.2, -0.15) is 0 Å². The zero-order valence-electron chi connectivity index (χ0n) is 10.4. The van der Waals surface area contributed by atoms with Gasteiger partial charge < -0.3 is 9.67 Å². The van der Waals surface area contributed by atoms with Crippen molar-refractivity contribution in [3.8, 4) is 0 Å². The molecule has 0 radical (unpaired) electrons. The van der Waals surface area contributed by atoms with Gasteiger partial charge in [0.25, 0.3) is 0 Å². The van der Waals surface area contributed by atoms with Crippen molar-refractivity contribution < 1.29 is 9.50 Å². The molecule has 2 aromatic rings. The van der Waals surface area contributed by atoms with Gasteiger partial charge in [0.05, 0.1) is 12.6 Å². The van der Waals surface area contributed by atoms with Crippen molar-refractivity contribution in [2.75, 3.05) is 0 Å². The van der Waals surface area contributed by atoms with Crippen molar-refractivity contribution in [2.45, 2.75) is 25.5 Å². The van der Waals surface area contributed by atoms with E-state index in [1.165, 1.54) is 6.07 Å². The van der Waals surface area contributed by atoms with Crippen LogP contribution in [0.4, 0.5) is 4.39 Å². The van der Waals surface area contributed by atoms with Crippen molar-refractivity contribution >= 4 is 11.6 Å². The summed E-state index contributed by atoms with van der Waals surface area (Å²) in [6.07, 6.45) is 5.50.